The molecule has 0 aliphatic heterocycles. The summed E-state index contributed by atoms with van der Waals surface area (Å²) < 4.78 is 0. The SMILES string of the molecule is CSC[C@H](C)NC(=O)c1c(Cl)cccc1C(=O)Nc1ccc(CN)cc1Cl. The van der Waals surface area contributed by atoms with Crippen LogP contribution in [0.25, 0.3) is 0 Å². The van der Waals surface area contributed by atoms with Gasteiger partial charge in [-0.3, -0.25) is 9.59 Å². The van der Waals surface area contributed by atoms with Gasteiger partial charge in [-0.15, -0.1) is 0 Å². The molecule has 8 heteroatoms. The number of hydrogen-bond donors (Lipinski definition) is 3. The van der Waals surface area contributed by atoms with Gasteiger partial charge in [0.05, 0.1) is 26.9 Å². The van der Waals surface area contributed by atoms with E-state index in [1.165, 1.54) is 0 Å². The van der Waals surface area contributed by atoms with Gasteiger partial charge >= 0.3 is 0 Å². The first-order chi connectivity index (χ1) is 12.9. The second-order valence-electron chi connectivity index (χ2n) is 5.96. The van der Waals surface area contributed by atoms with Crippen molar-refractivity contribution in [1.82, 2.24) is 5.32 Å². The number of carbonyl (C=O) groups excluding carboxylic acids is 2. The fraction of sp³-hybridized carbons (Fsp3) is 0.263. The summed E-state index contributed by atoms with van der Waals surface area (Å²) in [6, 6.07) is 9.83. The summed E-state index contributed by atoms with van der Waals surface area (Å²) in [4.78, 5) is 25.4. The highest BCUT2D eigenvalue weighted by molar-refractivity contribution is 7.98. The first-order valence-electron chi connectivity index (χ1n) is 8.25. The number of nitrogens with one attached hydrogen (secondary N) is 2. The third-order valence-electron chi connectivity index (χ3n) is 3.80. The zero-order valence-electron chi connectivity index (χ0n) is 15.0. The Labute approximate surface area is 173 Å². The number of carbonyl (C=O) groups is 2. The van der Waals surface area contributed by atoms with E-state index in [1.807, 2.05) is 13.2 Å². The molecule has 0 aliphatic carbocycles. The Balaban J connectivity index is 2.29. The van der Waals surface area contributed by atoms with Crippen molar-refractivity contribution in [2.24, 2.45) is 5.73 Å². The Morgan fingerprint density at radius 3 is 2.52 bits per heavy atom. The van der Waals surface area contributed by atoms with Gasteiger partial charge in [0, 0.05) is 18.3 Å². The monoisotopic (exact) mass is 425 g/mol. The average Bonchev–Trinajstić information content (AvgIpc) is 2.63. The van der Waals surface area contributed by atoms with Crippen LogP contribution >= 0.6 is 35.0 Å². The Hall–Kier alpha value is -1.73. The topological polar surface area (TPSA) is 84.2 Å². The lowest BCUT2D eigenvalue weighted by atomic mass is 10.1. The lowest BCUT2D eigenvalue weighted by Gasteiger charge is -2.16. The molecule has 2 aromatic rings. The minimum absolute atomic E-state index is 0.0575. The summed E-state index contributed by atoms with van der Waals surface area (Å²) >= 11 is 14.0. The number of thioether (sulfide) groups is 1. The maximum atomic E-state index is 12.8. The Morgan fingerprint density at radius 2 is 1.89 bits per heavy atom. The molecule has 0 heterocycles. The second kappa shape index (κ2) is 9.99. The molecule has 1 atom stereocenters. The van der Waals surface area contributed by atoms with Crippen LogP contribution in [0.5, 0.6) is 0 Å². The molecule has 0 aliphatic rings. The molecular weight excluding hydrogens is 405 g/mol. The van der Waals surface area contributed by atoms with Crippen molar-refractivity contribution in [1.29, 1.82) is 0 Å². The molecule has 0 spiro atoms. The van der Waals surface area contributed by atoms with Crippen molar-refractivity contribution >= 4 is 52.5 Å². The molecule has 0 fully saturated rings. The van der Waals surface area contributed by atoms with Gasteiger partial charge in [0.15, 0.2) is 0 Å². The van der Waals surface area contributed by atoms with E-state index in [0.717, 1.165) is 11.3 Å². The molecule has 4 N–H and O–H groups in total. The first kappa shape index (κ1) is 21.6. The fourth-order valence-electron chi connectivity index (χ4n) is 2.51. The summed E-state index contributed by atoms with van der Waals surface area (Å²) in [5, 5.41) is 6.16. The van der Waals surface area contributed by atoms with E-state index in [0.29, 0.717) is 17.3 Å². The normalized spacial score (nSPS) is 11.7. The minimum atomic E-state index is -0.470. The summed E-state index contributed by atoms with van der Waals surface area (Å²) in [5.74, 6) is -0.111. The van der Waals surface area contributed by atoms with E-state index >= 15 is 0 Å². The van der Waals surface area contributed by atoms with E-state index in [2.05, 4.69) is 10.6 Å². The number of halogens is 2. The third kappa shape index (κ3) is 5.62. The van der Waals surface area contributed by atoms with Gasteiger partial charge in [0.25, 0.3) is 11.8 Å². The van der Waals surface area contributed by atoms with Gasteiger partial charge in [0.2, 0.25) is 0 Å². The first-order valence-corrected chi connectivity index (χ1v) is 10.4. The maximum Gasteiger partial charge on any atom is 0.256 e. The van der Waals surface area contributed by atoms with Gasteiger partial charge in [-0.2, -0.15) is 11.8 Å². The molecular formula is C19H21Cl2N3O2S. The van der Waals surface area contributed by atoms with Crippen molar-refractivity contribution < 1.29 is 9.59 Å². The zero-order chi connectivity index (χ0) is 20.0. The fourth-order valence-corrected chi connectivity index (χ4v) is 3.60. The summed E-state index contributed by atoms with van der Waals surface area (Å²) in [7, 11) is 0. The molecule has 0 bridgehead atoms. The highest BCUT2D eigenvalue weighted by atomic mass is 35.5. The van der Waals surface area contributed by atoms with Crippen LogP contribution in [-0.4, -0.2) is 29.9 Å². The maximum absolute atomic E-state index is 12.8. The van der Waals surface area contributed by atoms with Gasteiger partial charge in [-0.05, 0) is 43.0 Å². The van der Waals surface area contributed by atoms with Crippen molar-refractivity contribution in [3.05, 3.63) is 63.1 Å². The highest BCUT2D eigenvalue weighted by Gasteiger charge is 2.22. The molecule has 0 saturated heterocycles. The number of amides is 2. The molecule has 0 radical (unpaired) electrons. The largest absolute Gasteiger partial charge is 0.349 e. The number of benzene rings is 2. The molecule has 144 valence electrons. The van der Waals surface area contributed by atoms with Crippen molar-refractivity contribution in [3.63, 3.8) is 0 Å². The van der Waals surface area contributed by atoms with Crippen LogP contribution in [0.1, 0.15) is 33.2 Å². The molecule has 2 rings (SSSR count). The lowest BCUT2D eigenvalue weighted by Crippen LogP contribution is -2.35. The standard InChI is InChI=1S/C19H21Cl2N3O2S/c1-11(10-27-2)23-19(26)17-13(4-3-5-14(17)20)18(25)24-16-7-6-12(9-22)8-15(16)21/h3-8,11H,9-10,22H2,1-2H3,(H,23,26)(H,24,25)/t11-/m0/s1. The van der Waals surface area contributed by atoms with E-state index in [1.54, 1.807) is 48.2 Å². The number of anilines is 1. The van der Waals surface area contributed by atoms with Crippen molar-refractivity contribution in [2.45, 2.75) is 19.5 Å². The number of rotatable bonds is 7. The molecule has 27 heavy (non-hydrogen) atoms. The lowest BCUT2D eigenvalue weighted by molar-refractivity contribution is 0.0931. The van der Waals surface area contributed by atoms with Crippen LogP contribution in [0, 0.1) is 0 Å². The van der Waals surface area contributed by atoms with Crippen LogP contribution in [0.3, 0.4) is 0 Å². The predicted molar refractivity (Wildman–Crippen MR) is 114 cm³/mol. The van der Waals surface area contributed by atoms with Crippen molar-refractivity contribution in [2.75, 3.05) is 17.3 Å². The van der Waals surface area contributed by atoms with Gasteiger partial charge < -0.3 is 16.4 Å². The third-order valence-corrected chi connectivity index (χ3v) is 5.26. The van der Waals surface area contributed by atoms with Crippen LogP contribution in [0.4, 0.5) is 5.69 Å². The smallest absolute Gasteiger partial charge is 0.256 e. The average molecular weight is 426 g/mol. The van der Waals surface area contributed by atoms with Gasteiger partial charge in [-0.1, -0.05) is 35.3 Å². The molecule has 0 saturated carbocycles. The van der Waals surface area contributed by atoms with E-state index in [-0.39, 0.29) is 22.2 Å². The zero-order valence-corrected chi connectivity index (χ0v) is 17.3. The molecule has 2 amide bonds. The van der Waals surface area contributed by atoms with E-state index < -0.39 is 11.8 Å². The van der Waals surface area contributed by atoms with E-state index in [4.69, 9.17) is 28.9 Å². The molecule has 0 aromatic heterocycles. The van der Waals surface area contributed by atoms with Gasteiger partial charge in [-0.25, -0.2) is 0 Å². The van der Waals surface area contributed by atoms with Crippen LogP contribution in [0.15, 0.2) is 36.4 Å². The van der Waals surface area contributed by atoms with Gasteiger partial charge in [0.1, 0.15) is 0 Å². The Bertz CT molecular complexity index is 846. The van der Waals surface area contributed by atoms with Crippen molar-refractivity contribution in [3.8, 4) is 0 Å². The molecule has 2 aromatic carbocycles. The van der Waals surface area contributed by atoms with E-state index in [9.17, 15) is 9.59 Å². The summed E-state index contributed by atoms with van der Waals surface area (Å²) in [5.41, 5.74) is 7.18. The molecule has 0 unspecified atom stereocenters. The minimum Gasteiger partial charge on any atom is -0.349 e. The summed E-state index contributed by atoms with van der Waals surface area (Å²) in [6.45, 7) is 2.24. The number of nitrogens with two attached hydrogens (primary N) is 1. The Kier molecular flexibility index (Phi) is 7.98. The summed E-state index contributed by atoms with van der Waals surface area (Å²) in [6.07, 6.45) is 1.96. The quantitative estimate of drug-likeness (QED) is 0.620. The van der Waals surface area contributed by atoms with Crippen LogP contribution in [0.2, 0.25) is 10.0 Å². The Morgan fingerprint density at radius 1 is 1.15 bits per heavy atom. The predicted octanol–water partition coefficient (Wildman–Crippen LogP) is 4.19. The number of hydrogen-bond acceptors (Lipinski definition) is 4. The van der Waals surface area contributed by atoms with Crippen LogP contribution in [-0.2, 0) is 6.54 Å². The highest BCUT2D eigenvalue weighted by Crippen LogP contribution is 2.26. The molecule has 5 nitrogen and oxygen atoms in total. The van der Waals surface area contributed by atoms with Crippen LogP contribution < -0.4 is 16.4 Å². The second-order valence-corrected chi connectivity index (χ2v) is 7.69.